The lowest BCUT2D eigenvalue weighted by molar-refractivity contribution is -0.130. The summed E-state index contributed by atoms with van der Waals surface area (Å²) < 4.78 is 1.70. The summed E-state index contributed by atoms with van der Waals surface area (Å²) in [4.78, 5) is 14.3. The average Bonchev–Trinajstić information content (AvgIpc) is 3.01. The fourth-order valence-corrected chi connectivity index (χ4v) is 3.64. The molecule has 0 aliphatic carbocycles. The van der Waals surface area contributed by atoms with Crippen molar-refractivity contribution in [2.75, 3.05) is 18.8 Å². The Labute approximate surface area is 140 Å². The third-order valence-corrected chi connectivity index (χ3v) is 5.02. The van der Waals surface area contributed by atoms with Crippen molar-refractivity contribution in [1.29, 1.82) is 0 Å². The van der Waals surface area contributed by atoms with Crippen LogP contribution in [0.2, 0.25) is 0 Å². The van der Waals surface area contributed by atoms with Crippen molar-refractivity contribution in [3.63, 3.8) is 0 Å². The third-order valence-electron chi connectivity index (χ3n) is 4.12. The number of carbonyl (C=O) groups excluding carboxylic acids is 1. The fraction of sp³-hybridized carbons (Fsp3) is 0.500. The van der Waals surface area contributed by atoms with Crippen LogP contribution in [0.25, 0.3) is 5.69 Å². The number of nitrogens with zero attached hydrogens (tertiary/aromatic N) is 5. The van der Waals surface area contributed by atoms with Crippen LogP contribution in [-0.2, 0) is 4.79 Å². The number of rotatable bonds is 4. The topological polar surface area (TPSA) is 63.9 Å². The van der Waals surface area contributed by atoms with Crippen molar-refractivity contribution < 1.29 is 4.79 Å². The molecule has 0 N–H and O–H groups in total. The molecule has 1 aromatic heterocycles. The SMILES string of the molecule is Cc1ccccc1-n1nnnc1SCC(=O)N1CCC[C@@H](C)C1. The zero-order valence-electron chi connectivity index (χ0n) is 13.5. The largest absolute Gasteiger partial charge is 0.342 e. The van der Waals surface area contributed by atoms with Gasteiger partial charge in [0.25, 0.3) is 0 Å². The summed E-state index contributed by atoms with van der Waals surface area (Å²) >= 11 is 1.40. The number of aromatic nitrogens is 4. The monoisotopic (exact) mass is 331 g/mol. The molecule has 0 radical (unpaired) electrons. The number of tetrazole rings is 1. The predicted octanol–water partition coefficient (Wildman–Crippen LogP) is 2.32. The van der Waals surface area contributed by atoms with Gasteiger partial charge in [-0.2, -0.15) is 4.68 Å². The second kappa shape index (κ2) is 7.12. The van der Waals surface area contributed by atoms with Gasteiger partial charge in [-0.1, -0.05) is 36.9 Å². The Hall–Kier alpha value is -1.89. The maximum Gasteiger partial charge on any atom is 0.233 e. The van der Waals surface area contributed by atoms with E-state index in [4.69, 9.17) is 0 Å². The number of piperidine rings is 1. The average molecular weight is 331 g/mol. The Morgan fingerprint density at radius 1 is 1.39 bits per heavy atom. The molecule has 1 fully saturated rings. The molecule has 6 nitrogen and oxygen atoms in total. The summed E-state index contributed by atoms with van der Waals surface area (Å²) in [5.41, 5.74) is 2.04. The lowest BCUT2D eigenvalue weighted by Crippen LogP contribution is -2.40. The van der Waals surface area contributed by atoms with Crippen LogP contribution in [0.3, 0.4) is 0 Å². The first-order valence-electron chi connectivity index (χ1n) is 7.90. The van der Waals surface area contributed by atoms with Crippen LogP contribution in [0.15, 0.2) is 29.4 Å². The van der Waals surface area contributed by atoms with E-state index in [9.17, 15) is 4.79 Å². The molecule has 2 heterocycles. The molecule has 1 saturated heterocycles. The van der Waals surface area contributed by atoms with Gasteiger partial charge in [-0.15, -0.1) is 5.10 Å². The smallest absolute Gasteiger partial charge is 0.233 e. The summed E-state index contributed by atoms with van der Waals surface area (Å²) in [6.45, 7) is 5.95. The van der Waals surface area contributed by atoms with Gasteiger partial charge in [-0.3, -0.25) is 4.79 Å². The van der Waals surface area contributed by atoms with Gasteiger partial charge < -0.3 is 4.90 Å². The first-order valence-corrected chi connectivity index (χ1v) is 8.88. The molecule has 122 valence electrons. The van der Waals surface area contributed by atoms with E-state index in [1.165, 1.54) is 18.2 Å². The van der Waals surface area contributed by atoms with Gasteiger partial charge in [0.05, 0.1) is 11.4 Å². The highest BCUT2D eigenvalue weighted by Gasteiger charge is 2.22. The van der Waals surface area contributed by atoms with Gasteiger partial charge in [0, 0.05) is 13.1 Å². The number of amides is 1. The number of thioether (sulfide) groups is 1. The molecular weight excluding hydrogens is 310 g/mol. The Morgan fingerprint density at radius 3 is 3.00 bits per heavy atom. The molecular formula is C16H21N5OS. The quantitative estimate of drug-likeness (QED) is 0.805. The first-order chi connectivity index (χ1) is 11.1. The summed E-state index contributed by atoms with van der Waals surface area (Å²) in [7, 11) is 0. The van der Waals surface area contributed by atoms with E-state index < -0.39 is 0 Å². The normalized spacial score (nSPS) is 18.2. The molecule has 1 aliphatic heterocycles. The van der Waals surface area contributed by atoms with Gasteiger partial charge in [-0.25, -0.2) is 0 Å². The lowest BCUT2D eigenvalue weighted by Gasteiger charge is -2.30. The minimum Gasteiger partial charge on any atom is -0.342 e. The molecule has 1 aromatic carbocycles. The molecule has 0 spiro atoms. The number of likely N-dealkylation sites (tertiary alicyclic amines) is 1. The summed E-state index contributed by atoms with van der Waals surface area (Å²) in [6.07, 6.45) is 2.31. The van der Waals surface area contributed by atoms with Crippen molar-refractivity contribution in [3.8, 4) is 5.69 Å². The third kappa shape index (κ3) is 3.72. The number of para-hydroxylation sites is 1. The van der Waals surface area contributed by atoms with E-state index in [1.807, 2.05) is 36.1 Å². The van der Waals surface area contributed by atoms with Crippen molar-refractivity contribution in [1.82, 2.24) is 25.1 Å². The van der Waals surface area contributed by atoms with E-state index in [1.54, 1.807) is 4.68 Å². The Bertz CT molecular complexity index is 687. The van der Waals surface area contributed by atoms with Gasteiger partial charge >= 0.3 is 0 Å². The summed E-state index contributed by atoms with van der Waals surface area (Å²) in [6, 6.07) is 7.94. The van der Waals surface area contributed by atoms with Crippen LogP contribution in [0.5, 0.6) is 0 Å². The highest BCUT2D eigenvalue weighted by molar-refractivity contribution is 7.99. The van der Waals surface area contributed by atoms with Crippen molar-refractivity contribution >= 4 is 17.7 Å². The molecule has 1 aliphatic rings. The number of aryl methyl sites for hydroxylation is 1. The minimum absolute atomic E-state index is 0.167. The molecule has 3 rings (SSSR count). The minimum atomic E-state index is 0.167. The Balaban J connectivity index is 1.67. The van der Waals surface area contributed by atoms with Crippen molar-refractivity contribution in [2.24, 2.45) is 5.92 Å². The first kappa shape index (κ1) is 16.0. The molecule has 7 heteroatoms. The van der Waals surface area contributed by atoms with Crippen LogP contribution in [0.4, 0.5) is 0 Å². The lowest BCUT2D eigenvalue weighted by atomic mass is 10.0. The zero-order valence-corrected chi connectivity index (χ0v) is 14.3. The van der Waals surface area contributed by atoms with E-state index >= 15 is 0 Å². The second-order valence-corrected chi connectivity index (χ2v) is 6.98. The van der Waals surface area contributed by atoms with Gasteiger partial charge in [0.2, 0.25) is 11.1 Å². The van der Waals surface area contributed by atoms with Crippen LogP contribution in [0.1, 0.15) is 25.3 Å². The molecule has 0 bridgehead atoms. The van der Waals surface area contributed by atoms with Crippen LogP contribution >= 0.6 is 11.8 Å². The van der Waals surface area contributed by atoms with Crippen molar-refractivity contribution in [2.45, 2.75) is 31.8 Å². The van der Waals surface area contributed by atoms with Gasteiger partial charge in [-0.05, 0) is 47.7 Å². The van der Waals surface area contributed by atoms with E-state index in [-0.39, 0.29) is 5.91 Å². The summed E-state index contributed by atoms with van der Waals surface area (Å²) in [5.74, 6) is 1.13. The summed E-state index contributed by atoms with van der Waals surface area (Å²) in [5, 5.41) is 12.5. The van der Waals surface area contributed by atoms with Crippen LogP contribution in [-0.4, -0.2) is 49.9 Å². The number of hydrogen-bond donors (Lipinski definition) is 0. The molecule has 23 heavy (non-hydrogen) atoms. The van der Waals surface area contributed by atoms with Crippen molar-refractivity contribution in [3.05, 3.63) is 29.8 Å². The Morgan fingerprint density at radius 2 is 2.22 bits per heavy atom. The van der Waals surface area contributed by atoms with Gasteiger partial charge in [0.15, 0.2) is 0 Å². The number of carbonyl (C=O) groups is 1. The van der Waals surface area contributed by atoms with Crippen LogP contribution in [0, 0.1) is 12.8 Å². The molecule has 1 atom stereocenters. The molecule has 0 unspecified atom stereocenters. The molecule has 2 aromatic rings. The predicted molar refractivity (Wildman–Crippen MR) is 89.6 cm³/mol. The van der Waals surface area contributed by atoms with Crippen LogP contribution < -0.4 is 0 Å². The highest BCUT2D eigenvalue weighted by atomic mass is 32.2. The van der Waals surface area contributed by atoms with E-state index in [2.05, 4.69) is 22.4 Å². The Kier molecular flexibility index (Phi) is 4.95. The highest BCUT2D eigenvalue weighted by Crippen LogP contribution is 2.22. The molecule has 0 saturated carbocycles. The van der Waals surface area contributed by atoms with E-state index in [0.29, 0.717) is 16.8 Å². The van der Waals surface area contributed by atoms with Gasteiger partial charge in [0.1, 0.15) is 0 Å². The second-order valence-electron chi connectivity index (χ2n) is 6.04. The van der Waals surface area contributed by atoms with E-state index in [0.717, 1.165) is 30.8 Å². The number of hydrogen-bond acceptors (Lipinski definition) is 5. The standard InChI is InChI=1S/C16H21N5OS/c1-12-6-5-9-20(10-12)15(22)11-23-16-17-18-19-21(16)14-8-4-3-7-13(14)2/h3-4,7-8,12H,5-6,9-11H2,1-2H3/t12-/m1/s1. The number of benzene rings is 1. The zero-order chi connectivity index (χ0) is 16.2. The molecule has 1 amide bonds. The fourth-order valence-electron chi connectivity index (χ4n) is 2.85. The maximum atomic E-state index is 12.4. The maximum absolute atomic E-state index is 12.4.